The number of aromatic nitrogens is 1. The van der Waals surface area contributed by atoms with Crippen molar-refractivity contribution in [2.45, 2.75) is 38.5 Å². The van der Waals surface area contributed by atoms with Gasteiger partial charge in [-0.3, -0.25) is 14.7 Å². The zero-order chi connectivity index (χ0) is 28.2. The Morgan fingerprint density at radius 1 is 1.18 bits per heavy atom. The number of methoxy groups -OCH3 is 1. The number of nitrogens with zero attached hydrogens (tertiary/aromatic N) is 2. The van der Waals surface area contributed by atoms with E-state index in [2.05, 4.69) is 16.8 Å². The van der Waals surface area contributed by atoms with Crippen molar-refractivity contribution in [1.29, 1.82) is 0 Å². The lowest BCUT2D eigenvalue weighted by Gasteiger charge is -2.38. The van der Waals surface area contributed by atoms with Crippen LogP contribution in [0.3, 0.4) is 0 Å². The number of carboxylic acid groups (broad SMARTS) is 1. The zero-order valence-electron chi connectivity index (χ0n) is 21.3. The van der Waals surface area contributed by atoms with Crippen molar-refractivity contribution >= 4 is 16.9 Å². The Hall–Kier alpha value is -3.68. The molecule has 3 aromatic rings. The van der Waals surface area contributed by atoms with Crippen LogP contribution in [0.25, 0.3) is 10.9 Å². The minimum absolute atomic E-state index is 0.000726. The molecule has 0 amide bonds. The number of ether oxygens (including phenoxy) is 1. The van der Waals surface area contributed by atoms with Crippen molar-refractivity contribution < 1.29 is 37.3 Å². The van der Waals surface area contributed by atoms with Gasteiger partial charge in [-0.25, -0.2) is 17.6 Å². The molecule has 1 fully saturated rings. The van der Waals surface area contributed by atoms with Crippen molar-refractivity contribution in [3.8, 4) is 17.6 Å². The number of halogens is 4. The molecular formula is C29H28F4N2O4. The van der Waals surface area contributed by atoms with Crippen LogP contribution in [0.15, 0.2) is 36.5 Å². The molecule has 10 heteroatoms. The van der Waals surface area contributed by atoms with Gasteiger partial charge in [-0.1, -0.05) is 11.8 Å². The van der Waals surface area contributed by atoms with Crippen LogP contribution < -0.4 is 4.74 Å². The van der Waals surface area contributed by atoms with E-state index in [9.17, 15) is 28.2 Å². The van der Waals surface area contributed by atoms with Crippen LogP contribution in [-0.2, 0) is 11.4 Å². The number of piperidine rings is 1. The number of hydrogen-bond acceptors (Lipinski definition) is 5. The number of benzene rings is 2. The van der Waals surface area contributed by atoms with Crippen LogP contribution in [0.4, 0.5) is 17.6 Å². The second kappa shape index (κ2) is 12.0. The van der Waals surface area contributed by atoms with Gasteiger partial charge in [0.1, 0.15) is 11.9 Å². The topological polar surface area (TPSA) is 82.9 Å². The summed E-state index contributed by atoms with van der Waals surface area (Å²) in [5.74, 6) is 0.704. The first-order chi connectivity index (χ1) is 18.7. The molecule has 1 saturated heterocycles. The summed E-state index contributed by atoms with van der Waals surface area (Å²) in [4.78, 5) is 18.5. The Labute approximate surface area is 223 Å². The summed E-state index contributed by atoms with van der Waals surface area (Å²) in [6.07, 6.45) is 0.481. The smallest absolute Gasteiger partial charge is 0.309 e. The molecule has 1 aliphatic rings. The van der Waals surface area contributed by atoms with E-state index in [4.69, 9.17) is 4.74 Å². The molecule has 6 nitrogen and oxygen atoms in total. The second-order valence-electron chi connectivity index (χ2n) is 9.66. The molecule has 0 bridgehead atoms. The van der Waals surface area contributed by atoms with E-state index in [1.807, 2.05) is 4.90 Å². The highest BCUT2D eigenvalue weighted by atomic mass is 19.2. The average molecular weight is 545 g/mol. The number of hydrogen-bond donors (Lipinski definition) is 2. The van der Waals surface area contributed by atoms with E-state index in [1.54, 1.807) is 18.2 Å². The Balaban J connectivity index is 1.43. The normalized spacial score (nSPS) is 15.9. The number of likely N-dealkylation sites (tertiary alicyclic amines) is 1. The van der Waals surface area contributed by atoms with E-state index in [-0.39, 0.29) is 43.4 Å². The third-order valence-electron chi connectivity index (χ3n) is 7.35. The van der Waals surface area contributed by atoms with Crippen molar-refractivity contribution in [3.63, 3.8) is 0 Å². The number of carboxylic acids is 1. The van der Waals surface area contributed by atoms with Gasteiger partial charge in [0.25, 0.3) is 0 Å². The molecule has 0 radical (unpaired) electrons. The van der Waals surface area contributed by atoms with Gasteiger partial charge in [-0.15, -0.1) is 0 Å². The fraction of sp³-hybridized carbons (Fsp3) is 0.379. The molecule has 1 aliphatic heterocycles. The predicted molar refractivity (Wildman–Crippen MR) is 136 cm³/mol. The van der Waals surface area contributed by atoms with Crippen LogP contribution >= 0.6 is 0 Å². The van der Waals surface area contributed by atoms with Gasteiger partial charge in [-0.2, -0.15) is 0 Å². The number of aliphatic hydroxyl groups is 1. The van der Waals surface area contributed by atoms with E-state index >= 15 is 4.39 Å². The first-order valence-corrected chi connectivity index (χ1v) is 12.5. The third-order valence-corrected chi connectivity index (χ3v) is 7.35. The molecule has 2 heterocycles. The fourth-order valence-corrected chi connectivity index (χ4v) is 4.99. The van der Waals surface area contributed by atoms with E-state index in [1.165, 1.54) is 13.3 Å². The standard InChI is InChI=1S/C29H28F4N2O4/c1-39-20-4-5-25-21(15-20)26(19(17-36)16-34-25)22(30)6-7-29(28(37)38)8-11-35(12-9-29)10-2-3-18-13-23(31)27(33)24(32)14-18/h4-5,13-16,22,36H,6-12,17H2,1H3,(H,37,38)/t22-/m1/s1. The SMILES string of the molecule is COc1ccc2ncc(CO)c([C@H](F)CCC3(C(=O)O)CCN(CC#Cc4cc(F)c(F)c(F)c4)CC3)c2c1. The third kappa shape index (κ3) is 6.15. The van der Waals surface area contributed by atoms with Gasteiger partial charge in [0.05, 0.1) is 31.2 Å². The van der Waals surface area contributed by atoms with Gasteiger partial charge in [0.15, 0.2) is 17.5 Å². The highest BCUT2D eigenvalue weighted by Gasteiger charge is 2.41. The number of pyridine rings is 1. The first-order valence-electron chi connectivity index (χ1n) is 12.5. The number of rotatable bonds is 8. The zero-order valence-corrected chi connectivity index (χ0v) is 21.3. The molecule has 0 aliphatic carbocycles. The Morgan fingerprint density at radius 2 is 1.87 bits per heavy atom. The number of carbonyl (C=O) groups is 1. The van der Waals surface area contributed by atoms with Crippen LogP contribution in [0.2, 0.25) is 0 Å². The quantitative estimate of drug-likeness (QED) is 0.232. The molecular weight excluding hydrogens is 516 g/mol. The number of fused-ring (bicyclic) bond motifs is 1. The molecule has 39 heavy (non-hydrogen) atoms. The van der Waals surface area contributed by atoms with Crippen LogP contribution in [0.1, 0.15) is 48.5 Å². The molecule has 2 aromatic carbocycles. The first kappa shape index (κ1) is 28.3. The fourth-order valence-electron chi connectivity index (χ4n) is 4.99. The molecule has 0 saturated carbocycles. The maximum absolute atomic E-state index is 15.7. The van der Waals surface area contributed by atoms with Crippen molar-refractivity contribution in [2.24, 2.45) is 5.41 Å². The summed E-state index contributed by atoms with van der Waals surface area (Å²) < 4.78 is 60.9. The average Bonchev–Trinajstić information content (AvgIpc) is 2.94. The lowest BCUT2D eigenvalue weighted by Crippen LogP contribution is -2.44. The van der Waals surface area contributed by atoms with Crippen LogP contribution in [0, 0.1) is 34.7 Å². The monoisotopic (exact) mass is 544 g/mol. The molecule has 0 spiro atoms. The molecule has 1 atom stereocenters. The molecule has 2 N–H and O–H groups in total. The van der Waals surface area contributed by atoms with Crippen molar-refractivity contribution in [2.75, 3.05) is 26.7 Å². The lowest BCUT2D eigenvalue weighted by molar-refractivity contribution is -0.152. The van der Waals surface area contributed by atoms with Gasteiger partial charge in [0.2, 0.25) is 0 Å². The summed E-state index contributed by atoms with van der Waals surface area (Å²) >= 11 is 0. The van der Waals surface area contributed by atoms with Crippen LogP contribution in [0.5, 0.6) is 5.75 Å². The minimum atomic E-state index is -1.55. The van der Waals surface area contributed by atoms with E-state index in [0.717, 1.165) is 12.1 Å². The summed E-state index contributed by atoms with van der Waals surface area (Å²) in [6.45, 7) is 0.600. The van der Waals surface area contributed by atoms with Gasteiger partial charge < -0.3 is 14.9 Å². The highest BCUT2D eigenvalue weighted by molar-refractivity contribution is 5.85. The number of aliphatic carboxylic acids is 1. The van der Waals surface area contributed by atoms with E-state index < -0.39 is 41.6 Å². The van der Waals surface area contributed by atoms with E-state index in [0.29, 0.717) is 35.3 Å². The molecule has 0 unspecified atom stereocenters. The maximum Gasteiger partial charge on any atom is 0.309 e. The van der Waals surface area contributed by atoms with Crippen molar-refractivity contribution in [3.05, 3.63) is 70.7 Å². The summed E-state index contributed by atoms with van der Waals surface area (Å²) in [7, 11) is 1.49. The Kier molecular flexibility index (Phi) is 8.73. The molecule has 1 aromatic heterocycles. The van der Waals surface area contributed by atoms with Gasteiger partial charge in [0, 0.05) is 41.4 Å². The molecule has 4 rings (SSSR count). The Morgan fingerprint density at radius 3 is 2.49 bits per heavy atom. The summed E-state index contributed by atoms with van der Waals surface area (Å²) in [6, 6.07) is 6.69. The number of alkyl halides is 1. The molecule has 206 valence electrons. The maximum atomic E-state index is 15.7. The number of aliphatic hydroxyl groups excluding tert-OH is 1. The second-order valence-corrected chi connectivity index (χ2v) is 9.66. The summed E-state index contributed by atoms with van der Waals surface area (Å²) in [5.41, 5.74) is 0.0300. The highest BCUT2D eigenvalue weighted by Crippen LogP contribution is 2.41. The largest absolute Gasteiger partial charge is 0.497 e. The summed E-state index contributed by atoms with van der Waals surface area (Å²) in [5, 5.41) is 20.4. The van der Waals surface area contributed by atoms with Gasteiger partial charge in [-0.05, 0) is 56.0 Å². The van der Waals surface area contributed by atoms with Crippen molar-refractivity contribution in [1.82, 2.24) is 9.88 Å². The minimum Gasteiger partial charge on any atom is -0.497 e. The van der Waals surface area contributed by atoms with Gasteiger partial charge >= 0.3 is 5.97 Å². The van der Waals surface area contributed by atoms with Crippen LogP contribution in [-0.4, -0.2) is 52.8 Å². The lowest BCUT2D eigenvalue weighted by atomic mass is 9.74. The predicted octanol–water partition coefficient (Wildman–Crippen LogP) is 5.16. The Bertz CT molecular complexity index is 1400.